The van der Waals surface area contributed by atoms with Crippen LogP contribution in [-0.4, -0.2) is 19.7 Å². The molecule has 0 saturated carbocycles. The average Bonchev–Trinajstić information content (AvgIpc) is 3.73. The Kier molecular flexibility index (Phi) is 6.20. The minimum absolute atomic E-state index is 0.00800. The molecule has 1 aliphatic rings. The van der Waals surface area contributed by atoms with E-state index in [0.29, 0.717) is 23.5 Å². The number of esters is 1. The first kappa shape index (κ1) is 23.6. The van der Waals surface area contributed by atoms with Gasteiger partial charge in [-0.25, -0.2) is 22.4 Å². The fourth-order valence-electron chi connectivity index (χ4n) is 3.83. The highest BCUT2D eigenvalue weighted by Gasteiger charge is 2.31. The molecule has 1 unspecified atom stereocenters. The largest absolute Gasteiger partial charge is 0.497 e. The van der Waals surface area contributed by atoms with Gasteiger partial charge >= 0.3 is 5.97 Å². The van der Waals surface area contributed by atoms with Gasteiger partial charge in [0.2, 0.25) is 0 Å². The number of carbonyl (C=O) groups is 1. The average molecular weight is 494 g/mol. The molecule has 0 aromatic heterocycles. The SMILES string of the molecule is COc1ccc(-c2ccc(-c3ccc(OC(=O)c4ccc(C5CO5)c(F)c4F)cc3)c(F)c2F)cc1. The number of carbonyl (C=O) groups excluding carboxylic acids is 1. The molecule has 0 aliphatic carbocycles. The van der Waals surface area contributed by atoms with Gasteiger partial charge in [-0.2, -0.15) is 0 Å². The lowest BCUT2D eigenvalue weighted by molar-refractivity contribution is 0.0728. The molecule has 1 atom stereocenters. The lowest BCUT2D eigenvalue weighted by Crippen LogP contribution is -2.12. The topological polar surface area (TPSA) is 48.1 Å². The predicted octanol–water partition coefficient (Wildman–Crippen LogP) is 6.88. The van der Waals surface area contributed by atoms with Crippen molar-refractivity contribution in [1.29, 1.82) is 0 Å². The molecule has 0 radical (unpaired) electrons. The Morgan fingerprint density at radius 2 is 1.25 bits per heavy atom. The Labute approximate surface area is 203 Å². The van der Waals surface area contributed by atoms with E-state index in [1.807, 2.05) is 0 Å². The van der Waals surface area contributed by atoms with Crippen molar-refractivity contribution < 1.29 is 36.6 Å². The molecule has 4 aromatic rings. The predicted molar refractivity (Wildman–Crippen MR) is 124 cm³/mol. The minimum atomic E-state index is -1.32. The summed E-state index contributed by atoms with van der Waals surface area (Å²) in [6, 6.07) is 17.4. The van der Waals surface area contributed by atoms with Crippen LogP contribution in [-0.2, 0) is 4.74 Å². The summed E-state index contributed by atoms with van der Waals surface area (Å²) in [5, 5.41) is 0. The van der Waals surface area contributed by atoms with Gasteiger partial charge in [0.05, 0.1) is 19.3 Å². The third-order valence-electron chi connectivity index (χ3n) is 5.87. The maximum absolute atomic E-state index is 14.9. The second kappa shape index (κ2) is 9.47. The van der Waals surface area contributed by atoms with E-state index in [2.05, 4.69) is 0 Å². The molecule has 0 spiro atoms. The van der Waals surface area contributed by atoms with Gasteiger partial charge in [0.15, 0.2) is 23.3 Å². The summed E-state index contributed by atoms with van der Waals surface area (Å²) in [5.41, 5.74) is 0.399. The first-order valence-corrected chi connectivity index (χ1v) is 10.9. The van der Waals surface area contributed by atoms with Crippen LogP contribution >= 0.6 is 0 Å². The molecular weight excluding hydrogens is 476 g/mol. The molecular formula is C28H18F4O4. The van der Waals surface area contributed by atoms with Crippen molar-refractivity contribution in [2.75, 3.05) is 13.7 Å². The monoisotopic (exact) mass is 494 g/mol. The van der Waals surface area contributed by atoms with Crippen LogP contribution in [0.2, 0.25) is 0 Å². The van der Waals surface area contributed by atoms with Crippen LogP contribution in [0.5, 0.6) is 11.5 Å². The Bertz CT molecular complexity index is 1450. The Morgan fingerprint density at radius 1 is 0.722 bits per heavy atom. The minimum Gasteiger partial charge on any atom is -0.497 e. The molecule has 0 N–H and O–H groups in total. The van der Waals surface area contributed by atoms with Crippen LogP contribution in [0.3, 0.4) is 0 Å². The van der Waals surface area contributed by atoms with Crippen molar-refractivity contribution in [3.63, 3.8) is 0 Å². The van der Waals surface area contributed by atoms with Gasteiger partial charge in [-0.05, 0) is 41.5 Å². The molecule has 0 bridgehead atoms. The van der Waals surface area contributed by atoms with Gasteiger partial charge in [-0.1, -0.05) is 42.5 Å². The van der Waals surface area contributed by atoms with Crippen molar-refractivity contribution in [3.8, 4) is 33.8 Å². The van der Waals surface area contributed by atoms with Gasteiger partial charge in [0, 0.05) is 16.7 Å². The summed E-state index contributed by atoms with van der Waals surface area (Å²) in [6.07, 6.45) is -0.507. The molecule has 1 fully saturated rings. The number of ether oxygens (including phenoxy) is 3. The number of hydrogen-bond donors (Lipinski definition) is 0. The van der Waals surface area contributed by atoms with Gasteiger partial charge in [0.1, 0.15) is 17.6 Å². The molecule has 4 nitrogen and oxygen atoms in total. The Hall–Kier alpha value is -4.17. The first-order chi connectivity index (χ1) is 17.4. The lowest BCUT2D eigenvalue weighted by atomic mass is 9.98. The zero-order valence-corrected chi connectivity index (χ0v) is 18.9. The van der Waals surface area contributed by atoms with Crippen molar-refractivity contribution in [2.45, 2.75) is 6.10 Å². The van der Waals surface area contributed by atoms with Crippen LogP contribution in [0.1, 0.15) is 22.0 Å². The second-order valence-corrected chi connectivity index (χ2v) is 8.08. The Balaban J connectivity index is 1.34. The fourth-order valence-corrected chi connectivity index (χ4v) is 3.83. The van der Waals surface area contributed by atoms with E-state index in [1.54, 1.807) is 24.3 Å². The van der Waals surface area contributed by atoms with E-state index in [4.69, 9.17) is 14.2 Å². The highest BCUT2D eigenvalue weighted by atomic mass is 19.2. The number of benzene rings is 4. The number of epoxide rings is 1. The standard InChI is InChI=1S/C28H18F4O4/c1-34-17-6-2-15(3-7-17)19-10-11-20(25(30)24(19)29)16-4-8-18(9-5-16)36-28(33)22-13-12-21(23-14-35-23)26(31)27(22)32/h2-13,23H,14H2,1H3. The van der Waals surface area contributed by atoms with E-state index in [-0.39, 0.29) is 22.4 Å². The van der Waals surface area contributed by atoms with Gasteiger partial charge < -0.3 is 14.2 Å². The molecule has 4 aromatic carbocycles. The zero-order valence-electron chi connectivity index (χ0n) is 18.9. The van der Waals surface area contributed by atoms with Crippen LogP contribution in [0.15, 0.2) is 72.8 Å². The Morgan fingerprint density at radius 3 is 1.75 bits per heavy atom. The smallest absolute Gasteiger partial charge is 0.346 e. The highest BCUT2D eigenvalue weighted by molar-refractivity contribution is 5.91. The lowest BCUT2D eigenvalue weighted by Gasteiger charge is -2.11. The van der Waals surface area contributed by atoms with Crippen molar-refractivity contribution in [2.24, 2.45) is 0 Å². The number of methoxy groups -OCH3 is 1. The summed E-state index contributed by atoms with van der Waals surface area (Å²) in [4.78, 5) is 12.4. The maximum Gasteiger partial charge on any atom is 0.346 e. The van der Waals surface area contributed by atoms with E-state index in [9.17, 15) is 22.4 Å². The van der Waals surface area contributed by atoms with Gasteiger partial charge in [-0.3, -0.25) is 0 Å². The van der Waals surface area contributed by atoms with Crippen molar-refractivity contribution in [1.82, 2.24) is 0 Å². The zero-order chi connectivity index (χ0) is 25.4. The maximum atomic E-state index is 14.9. The third kappa shape index (κ3) is 4.43. The summed E-state index contributed by atoms with van der Waals surface area (Å²) < 4.78 is 73.5. The van der Waals surface area contributed by atoms with Gasteiger partial charge in [0.25, 0.3) is 0 Å². The van der Waals surface area contributed by atoms with E-state index in [1.165, 1.54) is 49.6 Å². The molecule has 8 heteroatoms. The second-order valence-electron chi connectivity index (χ2n) is 8.08. The fraction of sp³-hybridized carbons (Fsp3) is 0.107. The molecule has 0 amide bonds. The third-order valence-corrected chi connectivity index (χ3v) is 5.87. The van der Waals surface area contributed by atoms with E-state index in [0.717, 1.165) is 6.07 Å². The first-order valence-electron chi connectivity index (χ1n) is 10.9. The summed E-state index contributed by atoms with van der Waals surface area (Å²) in [7, 11) is 1.51. The normalized spacial score (nSPS) is 14.4. The molecule has 5 rings (SSSR count). The molecule has 1 heterocycles. The summed E-state index contributed by atoms with van der Waals surface area (Å²) >= 11 is 0. The van der Waals surface area contributed by atoms with E-state index >= 15 is 0 Å². The number of halogens is 4. The quantitative estimate of drug-likeness (QED) is 0.127. The molecule has 1 aliphatic heterocycles. The molecule has 182 valence electrons. The number of rotatable bonds is 6. The number of hydrogen-bond acceptors (Lipinski definition) is 4. The highest BCUT2D eigenvalue weighted by Crippen LogP contribution is 2.35. The van der Waals surface area contributed by atoms with Crippen molar-refractivity contribution in [3.05, 3.63) is 107 Å². The summed E-state index contributed by atoms with van der Waals surface area (Å²) in [6.45, 7) is 0.293. The van der Waals surface area contributed by atoms with Gasteiger partial charge in [-0.15, -0.1) is 0 Å². The molecule has 1 saturated heterocycles. The molecule has 36 heavy (non-hydrogen) atoms. The van der Waals surface area contributed by atoms with Crippen LogP contribution in [0, 0.1) is 23.3 Å². The van der Waals surface area contributed by atoms with Crippen LogP contribution in [0.25, 0.3) is 22.3 Å². The van der Waals surface area contributed by atoms with E-state index < -0.39 is 40.9 Å². The van der Waals surface area contributed by atoms with Crippen LogP contribution < -0.4 is 9.47 Å². The van der Waals surface area contributed by atoms with Crippen molar-refractivity contribution >= 4 is 5.97 Å². The van der Waals surface area contributed by atoms with Crippen LogP contribution in [0.4, 0.5) is 17.6 Å². The summed E-state index contributed by atoms with van der Waals surface area (Å²) in [5.74, 6) is -5.00.